The Morgan fingerprint density at radius 1 is 1.27 bits per heavy atom. The number of hydrogen-bond donors (Lipinski definition) is 1. The zero-order chi connectivity index (χ0) is 21.5. The quantitative estimate of drug-likeness (QED) is 0.381. The monoisotopic (exact) mass is 420 g/mol. The van der Waals surface area contributed by atoms with E-state index in [0.717, 1.165) is 47.4 Å². The van der Waals surface area contributed by atoms with Crippen LogP contribution in [0.25, 0.3) is 11.3 Å². The van der Waals surface area contributed by atoms with Gasteiger partial charge in [-0.15, -0.1) is 11.3 Å². The molecule has 1 aromatic heterocycles. The Labute approximate surface area is 182 Å². The number of nitrogens with zero attached hydrogens (tertiary/aromatic N) is 1. The van der Waals surface area contributed by atoms with E-state index in [1.807, 2.05) is 42.6 Å². The number of nitrogens with one attached hydrogen (secondary N) is 1. The van der Waals surface area contributed by atoms with Gasteiger partial charge >= 0.3 is 0 Å². The third kappa shape index (κ3) is 5.57. The van der Waals surface area contributed by atoms with E-state index in [-0.39, 0.29) is 5.91 Å². The van der Waals surface area contributed by atoms with Crippen molar-refractivity contribution < 1.29 is 9.53 Å². The van der Waals surface area contributed by atoms with Crippen LogP contribution in [0.4, 0.5) is 5.13 Å². The minimum atomic E-state index is -0.189. The fourth-order valence-electron chi connectivity index (χ4n) is 3.10. The van der Waals surface area contributed by atoms with Gasteiger partial charge in [0.25, 0.3) is 5.91 Å². The van der Waals surface area contributed by atoms with Gasteiger partial charge in [-0.25, -0.2) is 4.98 Å². The maximum Gasteiger partial charge on any atom is 0.257 e. The van der Waals surface area contributed by atoms with Gasteiger partial charge in [-0.3, -0.25) is 10.1 Å². The molecule has 1 aliphatic carbocycles. The summed E-state index contributed by atoms with van der Waals surface area (Å²) in [5, 5.41) is 5.44. The van der Waals surface area contributed by atoms with Crippen LogP contribution in [0.5, 0.6) is 5.75 Å². The lowest BCUT2D eigenvalue weighted by Crippen LogP contribution is -2.15. The lowest BCUT2D eigenvalue weighted by Gasteiger charge is -2.12. The van der Waals surface area contributed by atoms with Gasteiger partial charge in [0.1, 0.15) is 5.75 Å². The van der Waals surface area contributed by atoms with Crippen LogP contribution in [-0.2, 0) is 4.79 Å². The summed E-state index contributed by atoms with van der Waals surface area (Å²) in [5.41, 5.74) is 5.39. The van der Waals surface area contributed by atoms with Gasteiger partial charge in [-0.05, 0) is 80.2 Å². The molecule has 1 aromatic carbocycles. The zero-order valence-electron chi connectivity index (χ0n) is 17.8. The lowest BCUT2D eigenvalue weighted by atomic mass is 9.95. The highest BCUT2D eigenvalue weighted by molar-refractivity contribution is 7.14. The van der Waals surface area contributed by atoms with Crippen molar-refractivity contribution in [3.8, 4) is 17.0 Å². The predicted molar refractivity (Wildman–Crippen MR) is 126 cm³/mol. The topological polar surface area (TPSA) is 51.2 Å². The van der Waals surface area contributed by atoms with Crippen molar-refractivity contribution in [1.82, 2.24) is 4.98 Å². The molecule has 5 heteroatoms. The number of amides is 1. The first kappa shape index (κ1) is 21.8. The van der Waals surface area contributed by atoms with Crippen LogP contribution in [-0.4, -0.2) is 17.5 Å². The van der Waals surface area contributed by atoms with Gasteiger partial charge in [-0.2, -0.15) is 0 Å². The van der Waals surface area contributed by atoms with Crippen molar-refractivity contribution in [1.29, 1.82) is 0 Å². The maximum absolute atomic E-state index is 12.9. The second kappa shape index (κ2) is 10.2. The van der Waals surface area contributed by atoms with Crippen molar-refractivity contribution in [3.63, 3.8) is 0 Å². The summed E-state index contributed by atoms with van der Waals surface area (Å²) in [7, 11) is 0. The average molecular weight is 421 g/mol. The van der Waals surface area contributed by atoms with Crippen LogP contribution >= 0.6 is 11.3 Å². The fraction of sp³-hybridized carbons (Fsp3) is 0.280. The highest BCUT2D eigenvalue weighted by Crippen LogP contribution is 2.28. The predicted octanol–water partition coefficient (Wildman–Crippen LogP) is 6.71. The first-order chi connectivity index (χ1) is 14.5. The number of thiazole rings is 1. The van der Waals surface area contributed by atoms with Crippen LogP contribution in [0.2, 0.25) is 0 Å². The Kier molecular flexibility index (Phi) is 7.41. The molecule has 1 amide bonds. The van der Waals surface area contributed by atoms with E-state index in [1.165, 1.54) is 16.9 Å². The molecule has 1 aliphatic rings. The van der Waals surface area contributed by atoms with Crippen molar-refractivity contribution in [2.75, 3.05) is 11.9 Å². The molecule has 0 radical (unpaired) electrons. The van der Waals surface area contributed by atoms with Crippen LogP contribution in [0.3, 0.4) is 0 Å². The lowest BCUT2D eigenvalue weighted by molar-refractivity contribution is -0.112. The minimum absolute atomic E-state index is 0.189. The number of benzene rings is 1. The second-order valence-electron chi connectivity index (χ2n) is 7.33. The zero-order valence-corrected chi connectivity index (χ0v) is 18.6. The van der Waals surface area contributed by atoms with Crippen molar-refractivity contribution in [2.45, 2.75) is 40.0 Å². The Morgan fingerprint density at radius 3 is 2.67 bits per heavy atom. The Bertz CT molecular complexity index is 1010. The van der Waals surface area contributed by atoms with Gasteiger partial charge in [0.2, 0.25) is 0 Å². The van der Waals surface area contributed by atoms with Gasteiger partial charge in [0.05, 0.1) is 12.3 Å². The van der Waals surface area contributed by atoms with Crippen LogP contribution in [0.1, 0.15) is 40.0 Å². The third-order valence-electron chi connectivity index (χ3n) is 4.79. The molecule has 0 aliphatic heterocycles. The number of aromatic nitrogens is 1. The smallest absolute Gasteiger partial charge is 0.257 e. The summed E-state index contributed by atoms with van der Waals surface area (Å²) in [5.74, 6) is 0.660. The molecule has 0 saturated heterocycles. The summed E-state index contributed by atoms with van der Waals surface area (Å²) in [6, 6.07) is 7.85. The van der Waals surface area contributed by atoms with E-state index in [4.69, 9.17) is 4.74 Å². The van der Waals surface area contributed by atoms with E-state index in [0.29, 0.717) is 17.3 Å². The molecule has 0 atom stereocenters. The molecule has 156 valence electrons. The molecule has 1 N–H and O–H groups in total. The molecule has 2 aromatic rings. The Morgan fingerprint density at radius 2 is 2.00 bits per heavy atom. The molecule has 30 heavy (non-hydrogen) atoms. The first-order valence-electron chi connectivity index (χ1n) is 10.2. The summed E-state index contributed by atoms with van der Waals surface area (Å²) in [4.78, 5) is 17.5. The van der Waals surface area contributed by atoms with E-state index < -0.39 is 0 Å². The summed E-state index contributed by atoms with van der Waals surface area (Å²) in [6.07, 6.45) is 9.31. The molecular formula is C25H28N2O2S. The molecule has 0 saturated carbocycles. The largest absolute Gasteiger partial charge is 0.494 e. The first-order valence-corrected chi connectivity index (χ1v) is 11.1. The van der Waals surface area contributed by atoms with Crippen molar-refractivity contribution >= 4 is 22.4 Å². The molecule has 0 fully saturated rings. The van der Waals surface area contributed by atoms with Gasteiger partial charge in [0.15, 0.2) is 5.13 Å². The van der Waals surface area contributed by atoms with Gasteiger partial charge in [-0.1, -0.05) is 25.7 Å². The van der Waals surface area contributed by atoms with Crippen LogP contribution in [0, 0.1) is 0 Å². The SMILES string of the molecule is C=C(C)/C(=C\C1=CCCC=C1C)C(=O)Nc1nc(-c2ccc(OCCC)cc2)cs1. The normalized spacial score (nSPS) is 14.0. The number of ether oxygens (including phenoxy) is 1. The summed E-state index contributed by atoms with van der Waals surface area (Å²) < 4.78 is 5.62. The van der Waals surface area contributed by atoms with Gasteiger partial charge in [0, 0.05) is 16.5 Å². The third-order valence-corrected chi connectivity index (χ3v) is 5.55. The number of allylic oxidation sites excluding steroid dienone is 5. The molecule has 0 spiro atoms. The molecular weight excluding hydrogens is 392 g/mol. The summed E-state index contributed by atoms with van der Waals surface area (Å²) in [6.45, 7) is 10.7. The minimum Gasteiger partial charge on any atom is -0.494 e. The molecule has 0 bridgehead atoms. The Balaban J connectivity index is 1.72. The summed E-state index contributed by atoms with van der Waals surface area (Å²) >= 11 is 1.41. The molecule has 1 heterocycles. The number of rotatable bonds is 8. The number of anilines is 1. The Hall–Kier alpha value is -2.92. The van der Waals surface area contributed by atoms with E-state index >= 15 is 0 Å². The van der Waals surface area contributed by atoms with E-state index in [1.54, 1.807) is 0 Å². The second-order valence-corrected chi connectivity index (χ2v) is 8.19. The highest BCUT2D eigenvalue weighted by atomic mass is 32.1. The van der Waals surface area contributed by atoms with Crippen LogP contribution < -0.4 is 10.1 Å². The number of carbonyl (C=O) groups is 1. The van der Waals surface area contributed by atoms with Crippen LogP contribution in [0.15, 0.2) is 76.7 Å². The van der Waals surface area contributed by atoms with Crippen molar-refractivity contribution in [3.05, 3.63) is 76.7 Å². The van der Waals surface area contributed by atoms with Gasteiger partial charge < -0.3 is 4.74 Å². The van der Waals surface area contributed by atoms with Crippen molar-refractivity contribution in [2.24, 2.45) is 0 Å². The maximum atomic E-state index is 12.9. The fourth-order valence-corrected chi connectivity index (χ4v) is 3.81. The van der Waals surface area contributed by atoms with E-state index in [2.05, 4.69) is 42.9 Å². The molecule has 3 rings (SSSR count). The number of hydrogen-bond acceptors (Lipinski definition) is 4. The highest BCUT2D eigenvalue weighted by Gasteiger charge is 2.15. The standard InChI is InChI=1S/C25H28N2O2S/c1-5-14-29-21-12-10-19(11-13-21)23-16-30-25(26-23)27-24(28)22(17(2)3)15-20-9-7-6-8-18(20)4/h8-13,15-16H,2,5-7,14H2,1,3-4H3,(H,26,27,28)/b22-15+. The number of carbonyl (C=O) groups excluding carboxylic acids is 1. The molecule has 0 unspecified atom stereocenters. The average Bonchev–Trinajstić information content (AvgIpc) is 3.20. The van der Waals surface area contributed by atoms with E-state index in [9.17, 15) is 4.79 Å². The molecule has 4 nitrogen and oxygen atoms in total.